The minimum absolute atomic E-state index is 0.0938. The summed E-state index contributed by atoms with van der Waals surface area (Å²) in [7, 11) is 0. The van der Waals surface area contributed by atoms with Crippen LogP contribution in [0, 0.1) is 0 Å². The van der Waals surface area contributed by atoms with Crippen LogP contribution in [-0.2, 0) is 11.2 Å². The molecule has 3 nitrogen and oxygen atoms in total. The van der Waals surface area contributed by atoms with Crippen LogP contribution >= 0.6 is 0 Å². The van der Waals surface area contributed by atoms with Gasteiger partial charge in [-0.05, 0) is 47.9 Å². The Morgan fingerprint density at radius 1 is 0.909 bits per heavy atom. The van der Waals surface area contributed by atoms with Gasteiger partial charge < -0.3 is 9.84 Å². The van der Waals surface area contributed by atoms with Crippen LogP contribution in [0.4, 0.5) is 0 Å². The molecule has 110 valence electrons. The summed E-state index contributed by atoms with van der Waals surface area (Å²) in [5.41, 5.74) is 1.97. The van der Waals surface area contributed by atoms with E-state index in [1.807, 2.05) is 30.3 Å². The molecule has 4 rings (SSSR count). The first-order valence-electron chi connectivity index (χ1n) is 7.18. The van der Waals surface area contributed by atoms with Gasteiger partial charge in [-0.25, -0.2) is 0 Å². The highest BCUT2D eigenvalue weighted by atomic mass is 16.5. The molecule has 2 aromatic carbocycles. The first-order valence-corrected chi connectivity index (χ1v) is 7.18. The average molecular weight is 292 g/mol. The SMILES string of the molecule is O=C1C=CC=Cc2ccc(O)c(c2)Oc2ccc(cc2)CC1. The molecule has 0 saturated carbocycles. The zero-order valence-corrected chi connectivity index (χ0v) is 12.0. The van der Waals surface area contributed by atoms with Gasteiger partial charge in [0.05, 0.1) is 0 Å². The number of carbonyl (C=O) groups is 1. The van der Waals surface area contributed by atoms with Crippen molar-refractivity contribution in [1.82, 2.24) is 0 Å². The number of allylic oxidation sites excluding steroid dienone is 3. The molecule has 0 saturated heterocycles. The van der Waals surface area contributed by atoms with E-state index in [2.05, 4.69) is 0 Å². The normalized spacial score (nSPS) is 14.3. The molecule has 22 heavy (non-hydrogen) atoms. The number of aromatic hydroxyl groups is 1. The minimum Gasteiger partial charge on any atom is -0.504 e. The molecule has 1 N–H and O–H groups in total. The van der Waals surface area contributed by atoms with E-state index in [0.29, 0.717) is 24.3 Å². The maximum Gasteiger partial charge on any atom is 0.169 e. The molecule has 2 heterocycles. The number of ether oxygens (including phenoxy) is 1. The average Bonchev–Trinajstić information content (AvgIpc) is 2.54. The number of benzene rings is 2. The minimum atomic E-state index is 0.0938. The van der Waals surface area contributed by atoms with Crippen LogP contribution in [0.1, 0.15) is 17.5 Å². The highest BCUT2D eigenvalue weighted by molar-refractivity contribution is 5.90. The maximum atomic E-state index is 11.8. The van der Waals surface area contributed by atoms with Crippen LogP contribution in [0.2, 0.25) is 0 Å². The summed E-state index contributed by atoms with van der Waals surface area (Å²) in [6.07, 6.45) is 8.17. The number of phenols is 1. The maximum absolute atomic E-state index is 11.8. The van der Waals surface area contributed by atoms with Crippen LogP contribution in [0.25, 0.3) is 6.08 Å². The van der Waals surface area contributed by atoms with Crippen molar-refractivity contribution in [2.24, 2.45) is 0 Å². The van der Waals surface area contributed by atoms with E-state index in [9.17, 15) is 9.90 Å². The van der Waals surface area contributed by atoms with E-state index in [0.717, 1.165) is 11.1 Å². The Labute approximate surface area is 129 Å². The Balaban J connectivity index is 2.00. The molecular formula is C19H16O3. The summed E-state index contributed by atoms with van der Waals surface area (Å²) < 4.78 is 5.73. The Hall–Kier alpha value is -2.81. The molecule has 3 heteroatoms. The summed E-state index contributed by atoms with van der Waals surface area (Å²) in [6, 6.07) is 12.7. The highest BCUT2D eigenvalue weighted by Gasteiger charge is 2.06. The Kier molecular flexibility index (Phi) is 4.05. The van der Waals surface area contributed by atoms with Gasteiger partial charge in [0.25, 0.3) is 0 Å². The number of carbonyl (C=O) groups excluding carboxylic acids is 1. The largest absolute Gasteiger partial charge is 0.504 e. The highest BCUT2D eigenvalue weighted by Crippen LogP contribution is 2.32. The quantitative estimate of drug-likeness (QED) is 0.788. The second kappa shape index (κ2) is 6.31. The van der Waals surface area contributed by atoms with Gasteiger partial charge >= 0.3 is 0 Å². The smallest absolute Gasteiger partial charge is 0.169 e. The van der Waals surface area contributed by atoms with Crippen LogP contribution in [0.15, 0.2) is 60.7 Å². The van der Waals surface area contributed by atoms with Gasteiger partial charge in [0, 0.05) is 6.42 Å². The molecular weight excluding hydrogens is 276 g/mol. The van der Waals surface area contributed by atoms with Crippen molar-refractivity contribution in [3.63, 3.8) is 0 Å². The predicted octanol–water partition coefficient (Wildman–Crippen LogP) is 4.27. The lowest BCUT2D eigenvalue weighted by Gasteiger charge is -2.09. The third kappa shape index (κ3) is 3.44. The van der Waals surface area contributed by atoms with Crippen molar-refractivity contribution < 1.29 is 14.6 Å². The first-order chi connectivity index (χ1) is 10.7. The van der Waals surface area contributed by atoms with Gasteiger partial charge in [-0.2, -0.15) is 0 Å². The summed E-state index contributed by atoms with van der Waals surface area (Å²) in [4.78, 5) is 11.8. The number of fused-ring (bicyclic) bond motifs is 6. The second-order valence-electron chi connectivity index (χ2n) is 5.16. The second-order valence-corrected chi connectivity index (χ2v) is 5.16. The van der Waals surface area contributed by atoms with Crippen LogP contribution in [0.5, 0.6) is 17.2 Å². The molecule has 2 aliphatic heterocycles. The molecule has 0 radical (unpaired) electrons. The van der Waals surface area contributed by atoms with Gasteiger partial charge in [0.1, 0.15) is 5.75 Å². The third-order valence-corrected chi connectivity index (χ3v) is 3.48. The molecule has 0 aromatic heterocycles. The van der Waals surface area contributed by atoms with E-state index >= 15 is 0 Å². The number of phenolic OH excluding ortho intramolecular Hbond substituents is 1. The summed E-state index contributed by atoms with van der Waals surface area (Å²) in [5.74, 6) is 1.26. The summed E-state index contributed by atoms with van der Waals surface area (Å²) >= 11 is 0. The molecule has 0 fully saturated rings. The summed E-state index contributed by atoms with van der Waals surface area (Å²) in [6.45, 7) is 0. The zero-order chi connectivity index (χ0) is 15.4. The van der Waals surface area contributed by atoms with Crippen molar-refractivity contribution in [3.8, 4) is 17.2 Å². The number of hydrogen-bond acceptors (Lipinski definition) is 3. The molecule has 4 bridgehead atoms. The molecule has 2 aromatic rings. The van der Waals surface area contributed by atoms with Crippen LogP contribution in [0.3, 0.4) is 0 Å². The van der Waals surface area contributed by atoms with Gasteiger partial charge in [-0.1, -0.05) is 36.4 Å². The van der Waals surface area contributed by atoms with Gasteiger partial charge in [-0.15, -0.1) is 0 Å². The number of aryl methyl sites for hydroxylation is 1. The Bertz CT molecular complexity index is 740. The fourth-order valence-electron chi connectivity index (χ4n) is 2.25. The standard InChI is InChI=1S/C19H16O3/c20-16-4-2-1-3-15-8-12-18(21)19(13-15)22-17-10-6-14(5-9-16)7-11-17/h1-4,6-8,10-13,21H,5,9H2. The van der Waals surface area contributed by atoms with Crippen molar-refractivity contribution >= 4 is 11.9 Å². The van der Waals surface area contributed by atoms with E-state index in [-0.39, 0.29) is 11.5 Å². The number of ketones is 1. The lowest BCUT2D eigenvalue weighted by atomic mass is 10.1. The molecule has 0 amide bonds. The van der Waals surface area contributed by atoms with Gasteiger partial charge in [-0.3, -0.25) is 4.79 Å². The zero-order valence-electron chi connectivity index (χ0n) is 12.0. The number of rotatable bonds is 0. The van der Waals surface area contributed by atoms with E-state index in [1.54, 1.807) is 36.4 Å². The molecule has 0 atom stereocenters. The van der Waals surface area contributed by atoms with Crippen molar-refractivity contribution in [1.29, 1.82) is 0 Å². The molecule has 0 spiro atoms. The Morgan fingerprint density at radius 2 is 1.68 bits per heavy atom. The fourth-order valence-corrected chi connectivity index (χ4v) is 2.25. The van der Waals surface area contributed by atoms with Gasteiger partial charge in [0.2, 0.25) is 0 Å². The molecule has 0 unspecified atom stereocenters. The molecule has 0 aliphatic carbocycles. The fraction of sp³-hybridized carbons (Fsp3) is 0.105. The Morgan fingerprint density at radius 3 is 2.50 bits per heavy atom. The van der Waals surface area contributed by atoms with E-state index in [1.165, 1.54) is 0 Å². The van der Waals surface area contributed by atoms with Crippen LogP contribution in [-0.4, -0.2) is 10.9 Å². The predicted molar refractivity (Wildman–Crippen MR) is 86.1 cm³/mol. The third-order valence-electron chi connectivity index (χ3n) is 3.48. The monoisotopic (exact) mass is 292 g/mol. The molecule has 2 aliphatic rings. The van der Waals surface area contributed by atoms with Crippen molar-refractivity contribution in [2.75, 3.05) is 0 Å². The van der Waals surface area contributed by atoms with Gasteiger partial charge in [0.15, 0.2) is 17.3 Å². The van der Waals surface area contributed by atoms with E-state index in [4.69, 9.17) is 4.74 Å². The van der Waals surface area contributed by atoms with Crippen molar-refractivity contribution in [2.45, 2.75) is 12.8 Å². The van der Waals surface area contributed by atoms with E-state index < -0.39 is 0 Å². The number of hydrogen-bond donors (Lipinski definition) is 1. The topological polar surface area (TPSA) is 46.5 Å². The lowest BCUT2D eigenvalue weighted by molar-refractivity contribution is -0.114. The summed E-state index contributed by atoms with van der Waals surface area (Å²) in [5, 5.41) is 9.91. The van der Waals surface area contributed by atoms with Crippen LogP contribution < -0.4 is 4.74 Å². The van der Waals surface area contributed by atoms with Crippen molar-refractivity contribution in [3.05, 3.63) is 71.8 Å². The lowest BCUT2D eigenvalue weighted by Crippen LogP contribution is -1.95. The first kappa shape index (κ1) is 14.1.